The lowest BCUT2D eigenvalue weighted by Crippen LogP contribution is -2.56. The van der Waals surface area contributed by atoms with Gasteiger partial charge in [0.25, 0.3) is 5.91 Å². The first-order valence-electron chi connectivity index (χ1n) is 3.83. The van der Waals surface area contributed by atoms with E-state index in [1.165, 1.54) is 24.3 Å². The van der Waals surface area contributed by atoms with Crippen molar-refractivity contribution in [3.05, 3.63) is 29.8 Å². The van der Waals surface area contributed by atoms with E-state index in [9.17, 15) is 4.79 Å². The molecule has 0 unspecified atom stereocenters. The van der Waals surface area contributed by atoms with Crippen molar-refractivity contribution in [2.24, 2.45) is 23.1 Å². The molecule has 0 spiro atoms. The zero-order valence-electron chi connectivity index (χ0n) is 7.44. The zero-order chi connectivity index (χ0) is 10.8. The molecule has 1 rings (SSSR count). The van der Waals surface area contributed by atoms with E-state index < -0.39 is 11.6 Å². The van der Waals surface area contributed by atoms with Crippen LogP contribution in [-0.2, 0) is 10.5 Å². The van der Waals surface area contributed by atoms with Gasteiger partial charge < -0.3 is 22.0 Å². The molecule has 0 aromatic heterocycles. The van der Waals surface area contributed by atoms with E-state index in [0.29, 0.717) is 11.3 Å². The number of amides is 1. The second kappa shape index (κ2) is 3.62. The van der Waals surface area contributed by atoms with Crippen LogP contribution in [0, 0.1) is 0 Å². The summed E-state index contributed by atoms with van der Waals surface area (Å²) in [7, 11) is 0. The smallest absolute Gasteiger partial charge is 0.256 e. The van der Waals surface area contributed by atoms with Gasteiger partial charge in [-0.05, 0) is 17.7 Å². The number of carbonyl (C=O) groups is 1. The summed E-state index contributed by atoms with van der Waals surface area (Å²) in [5.74, 6) is 4.55. The van der Waals surface area contributed by atoms with Gasteiger partial charge in [0.1, 0.15) is 5.75 Å². The maximum Gasteiger partial charge on any atom is 0.256 e. The number of benzene rings is 1. The lowest BCUT2D eigenvalue weighted by molar-refractivity contribution is -0.123. The molecule has 1 aromatic rings. The van der Waals surface area contributed by atoms with Gasteiger partial charge in [0, 0.05) is 0 Å². The number of primary amides is 1. The summed E-state index contributed by atoms with van der Waals surface area (Å²) in [5, 5.41) is 0. The Morgan fingerprint density at radius 3 is 2.07 bits per heavy atom. The van der Waals surface area contributed by atoms with E-state index in [4.69, 9.17) is 23.1 Å². The Balaban J connectivity index is 3.02. The summed E-state index contributed by atoms with van der Waals surface area (Å²) >= 11 is 0. The molecule has 0 saturated carbocycles. The SMILES string of the molecule is NOc1ccc(C(N)(N)C(N)=O)cc1. The fraction of sp³-hybridized carbons (Fsp3) is 0.125. The number of carbonyl (C=O) groups excluding carboxylic acids is 1. The minimum atomic E-state index is -1.67. The van der Waals surface area contributed by atoms with Crippen LogP contribution in [0.5, 0.6) is 5.75 Å². The molecule has 1 amide bonds. The Kier molecular flexibility index (Phi) is 2.70. The first-order valence-corrected chi connectivity index (χ1v) is 3.83. The average molecular weight is 196 g/mol. The van der Waals surface area contributed by atoms with E-state index in [1.807, 2.05) is 0 Å². The average Bonchev–Trinajstić information content (AvgIpc) is 2.17. The molecule has 0 atom stereocenters. The Bertz CT molecular complexity index is 334. The summed E-state index contributed by atoms with van der Waals surface area (Å²) in [6.45, 7) is 0. The van der Waals surface area contributed by atoms with E-state index >= 15 is 0 Å². The lowest BCUT2D eigenvalue weighted by Gasteiger charge is -2.20. The Morgan fingerprint density at radius 2 is 1.71 bits per heavy atom. The molecule has 14 heavy (non-hydrogen) atoms. The highest BCUT2D eigenvalue weighted by Crippen LogP contribution is 2.16. The van der Waals surface area contributed by atoms with Crippen LogP contribution in [0.4, 0.5) is 0 Å². The van der Waals surface area contributed by atoms with Gasteiger partial charge in [0.05, 0.1) is 0 Å². The lowest BCUT2D eigenvalue weighted by atomic mass is 10.0. The van der Waals surface area contributed by atoms with Gasteiger partial charge in [-0.1, -0.05) is 12.1 Å². The number of rotatable bonds is 3. The van der Waals surface area contributed by atoms with E-state index in [1.54, 1.807) is 0 Å². The third-order valence-electron chi connectivity index (χ3n) is 1.88. The van der Waals surface area contributed by atoms with Gasteiger partial charge in [0.2, 0.25) is 0 Å². The van der Waals surface area contributed by atoms with Gasteiger partial charge in [-0.2, -0.15) is 5.90 Å². The van der Waals surface area contributed by atoms with Crippen molar-refractivity contribution in [3.63, 3.8) is 0 Å². The molecular formula is C8H12N4O2. The molecule has 8 N–H and O–H groups in total. The molecule has 6 nitrogen and oxygen atoms in total. The first kappa shape index (κ1) is 10.5. The van der Waals surface area contributed by atoms with Crippen LogP contribution in [0.25, 0.3) is 0 Å². The molecule has 0 aliphatic rings. The van der Waals surface area contributed by atoms with E-state index in [2.05, 4.69) is 4.84 Å². The Labute approximate surface area is 80.7 Å². The highest BCUT2D eigenvalue weighted by atomic mass is 16.6. The molecule has 0 radical (unpaired) electrons. The van der Waals surface area contributed by atoms with Crippen molar-refractivity contribution in [1.29, 1.82) is 0 Å². The Hall–Kier alpha value is -1.63. The predicted molar refractivity (Wildman–Crippen MR) is 50.5 cm³/mol. The molecule has 0 fully saturated rings. The first-order chi connectivity index (χ1) is 6.48. The van der Waals surface area contributed by atoms with Crippen LogP contribution in [0.2, 0.25) is 0 Å². The molecule has 0 bridgehead atoms. The summed E-state index contributed by atoms with van der Waals surface area (Å²) < 4.78 is 0. The second-order valence-electron chi connectivity index (χ2n) is 2.88. The van der Waals surface area contributed by atoms with Crippen molar-refractivity contribution < 1.29 is 9.63 Å². The highest BCUT2D eigenvalue weighted by Gasteiger charge is 2.28. The molecule has 6 heteroatoms. The maximum atomic E-state index is 10.9. The maximum absolute atomic E-state index is 10.9. The van der Waals surface area contributed by atoms with Crippen molar-refractivity contribution in [1.82, 2.24) is 0 Å². The van der Waals surface area contributed by atoms with Gasteiger partial charge in [0.15, 0.2) is 5.66 Å². The van der Waals surface area contributed by atoms with E-state index in [0.717, 1.165) is 0 Å². The summed E-state index contributed by atoms with van der Waals surface area (Å²) in [5.41, 5.74) is 14.8. The van der Waals surface area contributed by atoms with Crippen LogP contribution in [0.3, 0.4) is 0 Å². The standard InChI is InChI=1S/C8H12N4O2/c9-7(13)8(10,11)5-1-3-6(14-12)4-2-5/h1-4H,10-12H2,(H2,9,13). The summed E-state index contributed by atoms with van der Waals surface area (Å²) in [6, 6.07) is 6.11. The van der Waals surface area contributed by atoms with Crippen LogP contribution >= 0.6 is 0 Å². The molecule has 0 heterocycles. The third kappa shape index (κ3) is 1.82. The minimum absolute atomic E-state index is 0.394. The number of hydrogen-bond donors (Lipinski definition) is 4. The minimum Gasteiger partial charge on any atom is -0.412 e. The van der Waals surface area contributed by atoms with Gasteiger partial charge in [-0.3, -0.25) is 4.79 Å². The highest BCUT2D eigenvalue weighted by molar-refractivity contribution is 5.85. The zero-order valence-corrected chi connectivity index (χ0v) is 7.44. The van der Waals surface area contributed by atoms with Crippen LogP contribution in [0.1, 0.15) is 5.56 Å². The quantitative estimate of drug-likeness (QED) is 0.345. The molecule has 0 aliphatic heterocycles. The van der Waals surface area contributed by atoms with E-state index in [-0.39, 0.29) is 0 Å². The summed E-state index contributed by atoms with van der Waals surface area (Å²) in [4.78, 5) is 15.3. The monoisotopic (exact) mass is 196 g/mol. The molecule has 0 saturated heterocycles. The van der Waals surface area contributed by atoms with Crippen LogP contribution in [0.15, 0.2) is 24.3 Å². The topological polar surface area (TPSA) is 130 Å². The normalized spacial score (nSPS) is 11.1. The fourth-order valence-electron chi connectivity index (χ4n) is 0.952. The molecule has 76 valence electrons. The van der Waals surface area contributed by atoms with Crippen molar-refractivity contribution in [3.8, 4) is 5.75 Å². The van der Waals surface area contributed by atoms with Gasteiger partial charge in [-0.25, -0.2) is 0 Å². The van der Waals surface area contributed by atoms with Crippen LogP contribution in [-0.4, -0.2) is 5.91 Å². The molecular weight excluding hydrogens is 184 g/mol. The van der Waals surface area contributed by atoms with Crippen molar-refractivity contribution >= 4 is 5.91 Å². The summed E-state index contributed by atoms with van der Waals surface area (Å²) in [6.07, 6.45) is 0. The largest absolute Gasteiger partial charge is 0.412 e. The predicted octanol–water partition coefficient (Wildman–Crippen LogP) is -1.51. The van der Waals surface area contributed by atoms with Crippen molar-refractivity contribution in [2.75, 3.05) is 0 Å². The van der Waals surface area contributed by atoms with Crippen LogP contribution < -0.4 is 27.9 Å². The van der Waals surface area contributed by atoms with Crippen molar-refractivity contribution in [2.45, 2.75) is 5.66 Å². The number of nitrogens with two attached hydrogens (primary N) is 4. The third-order valence-corrected chi connectivity index (χ3v) is 1.88. The van der Waals surface area contributed by atoms with Gasteiger partial charge in [-0.15, -0.1) is 0 Å². The second-order valence-corrected chi connectivity index (χ2v) is 2.88. The van der Waals surface area contributed by atoms with Gasteiger partial charge >= 0.3 is 0 Å². The molecule has 1 aromatic carbocycles. The fourth-order valence-corrected chi connectivity index (χ4v) is 0.952. The Morgan fingerprint density at radius 1 is 1.21 bits per heavy atom. The number of hydrogen-bond acceptors (Lipinski definition) is 5. The molecule has 0 aliphatic carbocycles.